The normalized spacial score (nSPS) is 10.9. The molecule has 5 heteroatoms. The van der Waals surface area contributed by atoms with E-state index in [9.17, 15) is 9.59 Å². The van der Waals surface area contributed by atoms with Crippen LogP contribution in [0.2, 0.25) is 0 Å². The largest absolute Gasteiger partial charge is 0.497 e. The number of para-hydroxylation sites is 1. The number of methoxy groups -OCH3 is 1. The molecule has 34 heavy (non-hydrogen) atoms. The number of nitrogens with zero attached hydrogens (tertiary/aromatic N) is 1. The zero-order chi connectivity index (χ0) is 23.5. The van der Waals surface area contributed by atoms with E-state index < -0.39 is 0 Å². The van der Waals surface area contributed by atoms with Gasteiger partial charge in [-0.05, 0) is 41.3 Å². The van der Waals surface area contributed by atoms with Crippen LogP contribution in [0, 0.1) is 0 Å². The lowest BCUT2D eigenvalue weighted by molar-refractivity contribution is 0.0991. The van der Waals surface area contributed by atoms with Crippen LogP contribution in [0.4, 0.5) is 5.69 Å². The molecule has 0 fully saturated rings. The number of hydrogen-bond acceptors (Lipinski definition) is 4. The number of fused-ring (bicyclic) bond motifs is 2. The average Bonchev–Trinajstić information content (AvgIpc) is 2.88. The molecule has 5 rings (SSSR count). The number of ether oxygens (including phenoxy) is 1. The third kappa shape index (κ3) is 4.24. The Balaban J connectivity index is 1.48. The minimum atomic E-state index is -0.299. The maximum atomic E-state index is 13.1. The molecule has 4 aromatic carbocycles. The molecule has 1 N–H and O–H groups in total. The molecule has 1 heterocycles. The Hall–Kier alpha value is -4.51. The molecular formula is C29H22N2O3. The van der Waals surface area contributed by atoms with Gasteiger partial charge in [-0.3, -0.25) is 9.59 Å². The first kappa shape index (κ1) is 21.3. The highest BCUT2D eigenvalue weighted by Crippen LogP contribution is 2.29. The summed E-state index contributed by atoms with van der Waals surface area (Å²) in [5, 5.41) is 5.77. The first-order valence-corrected chi connectivity index (χ1v) is 11.0. The number of anilines is 1. The highest BCUT2D eigenvalue weighted by atomic mass is 16.5. The van der Waals surface area contributed by atoms with Crippen LogP contribution in [0.5, 0.6) is 5.75 Å². The lowest BCUT2D eigenvalue weighted by Gasteiger charge is -2.13. The number of Topliss-reactive ketones (excluding diaryl/α,β-unsaturated/α-hetero) is 1. The minimum Gasteiger partial charge on any atom is -0.497 e. The third-order valence-electron chi connectivity index (χ3n) is 5.81. The average molecular weight is 447 g/mol. The highest BCUT2D eigenvalue weighted by molar-refractivity contribution is 6.10. The van der Waals surface area contributed by atoms with Crippen molar-refractivity contribution >= 4 is 39.1 Å². The molecule has 0 atom stereocenters. The number of carbonyl (C=O) groups excluding carboxylic acids is 2. The summed E-state index contributed by atoms with van der Waals surface area (Å²) in [5.41, 5.74) is 3.16. The number of hydrogen-bond donors (Lipinski definition) is 1. The van der Waals surface area contributed by atoms with Crippen LogP contribution < -0.4 is 10.1 Å². The first-order chi connectivity index (χ1) is 16.6. The molecule has 5 aromatic rings. The van der Waals surface area contributed by atoms with Crippen molar-refractivity contribution in [1.29, 1.82) is 0 Å². The molecule has 1 aromatic heterocycles. The lowest BCUT2D eigenvalue weighted by atomic mass is 9.96. The molecular weight excluding hydrogens is 424 g/mol. The summed E-state index contributed by atoms with van der Waals surface area (Å²) in [6, 6.07) is 29.9. The molecule has 1 amide bonds. The van der Waals surface area contributed by atoms with Gasteiger partial charge in [0.15, 0.2) is 5.78 Å². The second-order valence-corrected chi connectivity index (χ2v) is 8.00. The Kier molecular flexibility index (Phi) is 5.75. The Morgan fingerprint density at radius 2 is 1.59 bits per heavy atom. The van der Waals surface area contributed by atoms with E-state index in [4.69, 9.17) is 4.74 Å². The maximum Gasteiger partial charge on any atom is 0.274 e. The van der Waals surface area contributed by atoms with Gasteiger partial charge in [0, 0.05) is 28.4 Å². The predicted octanol–water partition coefficient (Wildman–Crippen LogP) is 6.07. The van der Waals surface area contributed by atoms with Gasteiger partial charge in [-0.2, -0.15) is 0 Å². The minimum absolute atomic E-state index is 0.0243. The quantitative estimate of drug-likeness (QED) is 0.321. The van der Waals surface area contributed by atoms with Gasteiger partial charge in [0.05, 0.1) is 12.6 Å². The van der Waals surface area contributed by atoms with E-state index in [0.717, 1.165) is 27.2 Å². The van der Waals surface area contributed by atoms with E-state index >= 15 is 0 Å². The van der Waals surface area contributed by atoms with Crippen molar-refractivity contribution in [3.05, 3.63) is 114 Å². The van der Waals surface area contributed by atoms with Crippen molar-refractivity contribution in [2.75, 3.05) is 12.4 Å². The number of carbonyl (C=O) groups is 2. The molecule has 0 saturated heterocycles. The van der Waals surface area contributed by atoms with Crippen LogP contribution in [0.1, 0.15) is 26.4 Å². The Morgan fingerprint density at radius 1 is 0.824 bits per heavy atom. The van der Waals surface area contributed by atoms with Gasteiger partial charge in [0.2, 0.25) is 0 Å². The summed E-state index contributed by atoms with van der Waals surface area (Å²) in [7, 11) is 1.58. The van der Waals surface area contributed by atoms with Gasteiger partial charge in [-0.15, -0.1) is 0 Å². The number of pyridine rings is 1. The van der Waals surface area contributed by atoms with Crippen LogP contribution in [-0.4, -0.2) is 23.8 Å². The van der Waals surface area contributed by atoms with E-state index in [1.54, 1.807) is 31.4 Å². The lowest BCUT2D eigenvalue weighted by Crippen LogP contribution is -2.14. The van der Waals surface area contributed by atoms with Gasteiger partial charge >= 0.3 is 0 Å². The zero-order valence-electron chi connectivity index (χ0n) is 18.6. The van der Waals surface area contributed by atoms with Gasteiger partial charge in [0.25, 0.3) is 5.91 Å². The van der Waals surface area contributed by atoms with E-state index in [1.807, 2.05) is 72.8 Å². The van der Waals surface area contributed by atoms with Crippen LogP contribution >= 0.6 is 0 Å². The fourth-order valence-electron chi connectivity index (χ4n) is 4.12. The molecule has 5 nitrogen and oxygen atoms in total. The van der Waals surface area contributed by atoms with Crippen molar-refractivity contribution in [2.24, 2.45) is 0 Å². The summed E-state index contributed by atoms with van der Waals surface area (Å²) in [4.78, 5) is 30.6. The van der Waals surface area contributed by atoms with Crippen molar-refractivity contribution in [3.63, 3.8) is 0 Å². The number of rotatable bonds is 6. The smallest absolute Gasteiger partial charge is 0.274 e. The Morgan fingerprint density at radius 3 is 2.44 bits per heavy atom. The van der Waals surface area contributed by atoms with Gasteiger partial charge < -0.3 is 10.1 Å². The van der Waals surface area contributed by atoms with Crippen LogP contribution in [0.15, 0.2) is 97.1 Å². The van der Waals surface area contributed by atoms with E-state index in [2.05, 4.69) is 10.3 Å². The standard InChI is InChI=1S/C29H22N2O3/c1-34-23-12-5-10-21(17-23)27(32)18-22-11-4-8-20-9-6-14-25(28(20)22)31-29(33)26-16-15-19-7-2-3-13-24(19)30-26/h2-17H,18H2,1H3,(H,31,33). The number of aromatic nitrogens is 1. The molecule has 0 radical (unpaired) electrons. The summed E-state index contributed by atoms with van der Waals surface area (Å²) in [6.45, 7) is 0. The molecule has 0 aliphatic rings. The van der Waals surface area contributed by atoms with Gasteiger partial charge in [-0.1, -0.05) is 66.7 Å². The summed E-state index contributed by atoms with van der Waals surface area (Å²) in [5.74, 6) is 0.315. The summed E-state index contributed by atoms with van der Waals surface area (Å²) in [6.07, 6.45) is 0.200. The van der Waals surface area contributed by atoms with Gasteiger partial charge in [0.1, 0.15) is 11.4 Å². The number of amides is 1. The zero-order valence-corrected chi connectivity index (χ0v) is 18.6. The van der Waals surface area contributed by atoms with E-state index in [-0.39, 0.29) is 18.1 Å². The Bertz CT molecular complexity index is 1540. The molecule has 0 bridgehead atoms. The summed E-state index contributed by atoms with van der Waals surface area (Å²) < 4.78 is 5.25. The molecule has 0 aliphatic heterocycles. The van der Waals surface area contributed by atoms with Crippen LogP contribution in [0.25, 0.3) is 21.7 Å². The van der Waals surface area contributed by atoms with Crippen molar-refractivity contribution in [3.8, 4) is 5.75 Å². The van der Waals surface area contributed by atoms with E-state index in [1.165, 1.54) is 0 Å². The Labute approximate surface area is 197 Å². The maximum absolute atomic E-state index is 13.1. The fraction of sp³-hybridized carbons (Fsp3) is 0.0690. The SMILES string of the molecule is COc1cccc(C(=O)Cc2cccc3cccc(NC(=O)c4ccc5ccccc5n4)c23)c1. The molecule has 0 saturated carbocycles. The van der Waals surface area contributed by atoms with Gasteiger partial charge in [-0.25, -0.2) is 4.98 Å². The predicted molar refractivity (Wildman–Crippen MR) is 135 cm³/mol. The van der Waals surface area contributed by atoms with Crippen molar-refractivity contribution < 1.29 is 14.3 Å². The van der Waals surface area contributed by atoms with Crippen LogP contribution in [-0.2, 0) is 6.42 Å². The van der Waals surface area contributed by atoms with E-state index in [0.29, 0.717) is 22.7 Å². The molecule has 0 unspecified atom stereocenters. The monoisotopic (exact) mass is 446 g/mol. The molecule has 0 spiro atoms. The van der Waals surface area contributed by atoms with Crippen molar-refractivity contribution in [2.45, 2.75) is 6.42 Å². The van der Waals surface area contributed by atoms with Crippen molar-refractivity contribution in [1.82, 2.24) is 4.98 Å². The fourth-order valence-corrected chi connectivity index (χ4v) is 4.12. The summed E-state index contributed by atoms with van der Waals surface area (Å²) >= 11 is 0. The van der Waals surface area contributed by atoms with Crippen LogP contribution in [0.3, 0.4) is 0 Å². The second-order valence-electron chi connectivity index (χ2n) is 8.00. The first-order valence-electron chi connectivity index (χ1n) is 11.0. The topological polar surface area (TPSA) is 68.3 Å². The number of benzene rings is 4. The number of ketones is 1. The third-order valence-corrected chi connectivity index (χ3v) is 5.81. The molecule has 166 valence electrons. The highest BCUT2D eigenvalue weighted by Gasteiger charge is 2.15. The second kappa shape index (κ2) is 9.16. The molecule has 0 aliphatic carbocycles. The number of nitrogens with one attached hydrogen (secondary N) is 1.